The van der Waals surface area contributed by atoms with Crippen LogP contribution in [0.15, 0.2) is 47.4 Å². The van der Waals surface area contributed by atoms with Crippen LogP contribution in [0.1, 0.15) is 30.9 Å². The predicted octanol–water partition coefficient (Wildman–Crippen LogP) is 3.38. The molecule has 2 aromatic carbocycles. The molecule has 4 rings (SSSR count). The van der Waals surface area contributed by atoms with Gasteiger partial charge >= 0.3 is 0 Å². The number of para-hydroxylation sites is 1. The van der Waals surface area contributed by atoms with Crippen molar-refractivity contribution in [2.45, 2.75) is 44.0 Å². The number of aryl methyl sites for hydroxylation is 1. The van der Waals surface area contributed by atoms with E-state index in [-0.39, 0.29) is 22.8 Å². The number of carbonyl (C=O) groups excluding carboxylic acids is 1. The molecule has 1 atom stereocenters. The van der Waals surface area contributed by atoms with Gasteiger partial charge in [-0.3, -0.25) is 4.79 Å². The Hall–Kier alpha value is -2.38. The smallest absolute Gasteiger partial charge is 0.243 e. The highest BCUT2D eigenvalue weighted by molar-refractivity contribution is 7.89. The van der Waals surface area contributed by atoms with Crippen LogP contribution < -0.4 is 9.64 Å². The van der Waals surface area contributed by atoms with Crippen molar-refractivity contribution in [3.8, 4) is 5.75 Å². The van der Waals surface area contributed by atoms with Gasteiger partial charge in [-0.15, -0.1) is 0 Å². The fourth-order valence-electron chi connectivity index (χ4n) is 4.60. The minimum atomic E-state index is -3.58. The summed E-state index contributed by atoms with van der Waals surface area (Å²) in [5, 5.41) is 0. The fourth-order valence-corrected chi connectivity index (χ4v) is 6.16. The third kappa shape index (κ3) is 3.61. The van der Waals surface area contributed by atoms with Gasteiger partial charge in [0.2, 0.25) is 15.9 Å². The quantitative estimate of drug-likeness (QED) is 0.749. The summed E-state index contributed by atoms with van der Waals surface area (Å²) < 4.78 is 32.9. The van der Waals surface area contributed by atoms with Gasteiger partial charge in [0.05, 0.1) is 12.0 Å². The molecule has 2 aliphatic heterocycles. The molecule has 0 bridgehead atoms. The number of carbonyl (C=O) groups is 1. The van der Waals surface area contributed by atoms with E-state index >= 15 is 0 Å². The molecule has 30 heavy (non-hydrogen) atoms. The molecule has 0 saturated carbocycles. The van der Waals surface area contributed by atoms with Crippen molar-refractivity contribution in [3.63, 3.8) is 0 Å². The topological polar surface area (TPSA) is 66.9 Å². The minimum Gasteiger partial charge on any atom is -0.496 e. The van der Waals surface area contributed by atoms with Crippen LogP contribution in [-0.4, -0.2) is 44.9 Å². The summed E-state index contributed by atoms with van der Waals surface area (Å²) in [5.41, 5.74) is 2.98. The Bertz CT molecular complexity index is 1060. The van der Waals surface area contributed by atoms with Gasteiger partial charge in [0.1, 0.15) is 5.75 Å². The molecule has 1 saturated heterocycles. The zero-order valence-corrected chi connectivity index (χ0v) is 18.5. The molecule has 6 nitrogen and oxygen atoms in total. The first-order valence-electron chi connectivity index (χ1n) is 10.4. The summed E-state index contributed by atoms with van der Waals surface area (Å²) >= 11 is 0. The number of nitrogens with zero attached hydrogens (tertiary/aromatic N) is 2. The summed E-state index contributed by atoms with van der Waals surface area (Å²) in [7, 11) is -2.02. The minimum absolute atomic E-state index is 0.116. The van der Waals surface area contributed by atoms with Crippen LogP contribution in [0.25, 0.3) is 0 Å². The Morgan fingerprint density at radius 1 is 1.10 bits per heavy atom. The first-order valence-corrected chi connectivity index (χ1v) is 11.8. The summed E-state index contributed by atoms with van der Waals surface area (Å²) in [6.07, 6.45) is 1.95. The molecule has 0 radical (unpaired) electrons. The molecule has 0 aromatic heterocycles. The van der Waals surface area contributed by atoms with Gasteiger partial charge in [0, 0.05) is 30.7 Å². The average molecular weight is 429 g/mol. The van der Waals surface area contributed by atoms with E-state index < -0.39 is 10.0 Å². The lowest BCUT2D eigenvalue weighted by Gasteiger charge is -2.34. The Kier molecular flexibility index (Phi) is 5.59. The third-order valence-electron chi connectivity index (χ3n) is 6.25. The Morgan fingerprint density at radius 3 is 2.47 bits per heavy atom. The number of hydrogen-bond acceptors (Lipinski definition) is 4. The zero-order chi connectivity index (χ0) is 21.5. The number of sulfonamides is 1. The van der Waals surface area contributed by atoms with Crippen LogP contribution in [-0.2, 0) is 21.2 Å². The molecule has 2 heterocycles. The van der Waals surface area contributed by atoms with E-state index in [0.29, 0.717) is 31.7 Å². The van der Waals surface area contributed by atoms with E-state index in [1.165, 1.54) is 9.87 Å². The first-order chi connectivity index (χ1) is 14.3. The highest BCUT2D eigenvalue weighted by Gasteiger charge is 2.38. The maximum atomic E-state index is 13.3. The molecule has 0 aliphatic carbocycles. The van der Waals surface area contributed by atoms with Gasteiger partial charge in [0.25, 0.3) is 0 Å². The third-order valence-corrected chi connectivity index (χ3v) is 8.15. The van der Waals surface area contributed by atoms with Gasteiger partial charge in [-0.25, -0.2) is 8.42 Å². The van der Waals surface area contributed by atoms with Gasteiger partial charge < -0.3 is 9.64 Å². The molecule has 160 valence electrons. The monoisotopic (exact) mass is 428 g/mol. The molecule has 1 fully saturated rings. The molecular weight excluding hydrogens is 400 g/mol. The number of benzene rings is 2. The van der Waals surface area contributed by atoms with Gasteiger partial charge in [0.15, 0.2) is 0 Å². The molecule has 2 aromatic rings. The molecular formula is C23H28N2O4S. The van der Waals surface area contributed by atoms with Crippen molar-refractivity contribution < 1.29 is 17.9 Å². The fraction of sp³-hybridized carbons (Fsp3) is 0.435. The van der Waals surface area contributed by atoms with E-state index in [1.807, 2.05) is 30.0 Å². The van der Waals surface area contributed by atoms with Crippen molar-refractivity contribution in [2.75, 3.05) is 25.1 Å². The van der Waals surface area contributed by atoms with Gasteiger partial charge in [-0.1, -0.05) is 18.2 Å². The number of methoxy groups -OCH3 is 1. The maximum Gasteiger partial charge on any atom is 0.243 e. The Balaban J connectivity index is 1.46. The predicted molar refractivity (Wildman–Crippen MR) is 116 cm³/mol. The van der Waals surface area contributed by atoms with Crippen LogP contribution in [0.5, 0.6) is 5.75 Å². The van der Waals surface area contributed by atoms with Crippen LogP contribution in [0.3, 0.4) is 0 Å². The highest BCUT2D eigenvalue weighted by atomic mass is 32.2. The normalized spacial score (nSPS) is 20.2. The van der Waals surface area contributed by atoms with Crippen molar-refractivity contribution in [2.24, 2.45) is 5.92 Å². The molecule has 0 N–H and O–H groups in total. The molecule has 0 spiro atoms. The summed E-state index contributed by atoms with van der Waals surface area (Å²) in [4.78, 5) is 15.4. The van der Waals surface area contributed by atoms with Crippen LogP contribution in [0.2, 0.25) is 0 Å². The van der Waals surface area contributed by atoms with E-state index in [2.05, 4.69) is 13.0 Å². The second-order valence-corrected chi connectivity index (χ2v) is 10.1. The Labute approximate surface area is 178 Å². The van der Waals surface area contributed by atoms with E-state index in [1.54, 1.807) is 25.3 Å². The first kappa shape index (κ1) is 20.9. The standard InChI is InChI=1S/C23H28N2O4S/c1-16-14-20(8-9-22(16)29-3)30(27,28)24-12-10-18(11-13-24)23(26)25-17(2)15-19-6-4-5-7-21(19)25/h4-9,14,17-18H,10-13,15H2,1-3H3/t17-/m1/s1. The van der Waals surface area contributed by atoms with Crippen molar-refractivity contribution >= 4 is 21.6 Å². The van der Waals surface area contributed by atoms with Crippen molar-refractivity contribution in [1.82, 2.24) is 4.31 Å². The Morgan fingerprint density at radius 2 is 1.80 bits per heavy atom. The summed E-state index contributed by atoms with van der Waals surface area (Å²) in [6.45, 7) is 4.61. The number of hydrogen-bond donors (Lipinski definition) is 0. The summed E-state index contributed by atoms with van der Waals surface area (Å²) in [5.74, 6) is 0.630. The lowest BCUT2D eigenvalue weighted by Crippen LogP contribution is -2.46. The van der Waals surface area contributed by atoms with Crippen LogP contribution in [0, 0.1) is 12.8 Å². The van der Waals surface area contributed by atoms with Gasteiger partial charge in [-0.05, 0) is 68.5 Å². The highest BCUT2D eigenvalue weighted by Crippen LogP contribution is 2.35. The molecule has 1 amide bonds. The summed E-state index contributed by atoms with van der Waals surface area (Å²) in [6, 6.07) is 13.1. The number of fused-ring (bicyclic) bond motifs is 1. The second-order valence-electron chi connectivity index (χ2n) is 8.20. The van der Waals surface area contributed by atoms with E-state index in [9.17, 15) is 13.2 Å². The lowest BCUT2D eigenvalue weighted by molar-refractivity contribution is -0.123. The van der Waals surface area contributed by atoms with Crippen LogP contribution >= 0.6 is 0 Å². The van der Waals surface area contributed by atoms with Crippen molar-refractivity contribution in [1.29, 1.82) is 0 Å². The number of ether oxygens (including phenoxy) is 1. The van der Waals surface area contributed by atoms with Gasteiger partial charge in [-0.2, -0.15) is 4.31 Å². The molecule has 7 heteroatoms. The number of piperidine rings is 1. The largest absolute Gasteiger partial charge is 0.496 e. The molecule has 0 unspecified atom stereocenters. The number of amides is 1. The zero-order valence-electron chi connectivity index (χ0n) is 17.7. The maximum absolute atomic E-state index is 13.3. The lowest BCUT2D eigenvalue weighted by atomic mass is 9.96. The number of rotatable bonds is 4. The number of anilines is 1. The molecule has 2 aliphatic rings. The van der Waals surface area contributed by atoms with Crippen molar-refractivity contribution in [3.05, 3.63) is 53.6 Å². The SMILES string of the molecule is COc1ccc(S(=O)(=O)N2CCC(C(=O)N3c4ccccc4C[C@H]3C)CC2)cc1C. The van der Waals surface area contributed by atoms with E-state index in [0.717, 1.165) is 17.7 Å². The van der Waals surface area contributed by atoms with E-state index in [4.69, 9.17) is 4.74 Å². The van der Waals surface area contributed by atoms with Crippen LogP contribution in [0.4, 0.5) is 5.69 Å². The second kappa shape index (κ2) is 8.04. The average Bonchev–Trinajstić information content (AvgIpc) is 3.08.